The molecule has 5 aliphatic carbocycles. The Kier molecular flexibility index (Phi) is 6.98. The Hall–Kier alpha value is -6.44. The van der Waals surface area contributed by atoms with Gasteiger partial charge in [0.15, 0.2) is 0 Å². The minimum absolute atomic E-state index is 0.488. The van der Waals surface area contributed by atoms with E-state index in [0.29, 0.717) is 5.92 Å². The Labute approximate surface area is 350 Å². The molecular formula is C59H44O. The summed E-state index contributed by atoms with van der Waals surface area (Å²) in [5.41, 5.74) is 15.5. The first-order valence-corrected chi connectivity index (χ1v) is 22.3. The van der Waals surface area contributed by atoms with Gasteiger partial charge in [0.25, 0.3) is 0 Å². The Bertz CT molecular complexity index is 3310. The predicted molar refractivity (Wildman–Crippen MR) is 250 cm³/mol. The minimum atomic E-state index is 0.488. The lowest BCUT2D eigenvalue weighted by Crippen LogP contribution is -2.47. The van der Waals surface area contributed by atoms with Crippen LogP contribution < -0.4 is 0 Å². The van der Waals surface area contributed by atoms with Crippen molar-refractivity contribution >= 4 is 54.3 Å². The number of benzene rings is 9. The first kappa shape index (κ1) is 33.4. The van der Waals surface area contributed by atoms with Crippen molar-refractivity contribution in [3.05, 3.63) is 181 Å². The fourth-order valence-corrected chi connectivity index (χ4v) is 13.7. The van der Waals surface area contributed by atoms with E-state index in [1.165, 1.54) is 114 Å². The van der Waals surface area contributed by atoms with Crippen molar-refractivity contribution in [2.45, 2.75) is 38.0 Å². The quantitative estimate of drug-likeness (QED) is 0.163. The lowest BCUT2D eigenvalue weighted by atomic mass is 9.49. The summed E-state index contributed by atoms with van der Waals surface area (Å²) in [7, 11) is 0. The Morgan fingerprint density at radius 1 is 0.367 bits per heavy atom. The zero-order valence-electron chi connectivity index (χ0n) is 33.6. The Morgan fingerprint density at radius 3 is 1.62 bits per heavy atom. The SMILES string of the molecule is c1ccc2c3c(ccc2c1)C(C1C2CC4CC(C2)CC1C4)c1ccc(-c2c4ccccc4c(-c4ccc(-c5cccc6oc7ccccc7c56)cc4)c4ccccc24)cc1-3. The summed E-state index contributed by atoms with van der Waals surface area (Å²) >= 11 is 0. The Balaban J connectivity index is 0.944. The molecule has 1 atom stereocenters. The maximum atomic E-state index is 6.27. The lowest BCUT2D eigenvalue weighted by molar-refractivity contribution is -0.0424. The lowest BCUT2D eigenvalue weighted by Gasteiger charge is -2.56. The van der Waals surface area contributed by atoms with Crippen LogP contribution in [0.15, 0.2) is 174 Å². The van der Waals surface area contributed by atoms with Gasteiger partial charge in [-0.25, -0.2) is 0 Å². The van der Waals surface area contributed by atoms with E-state index in [1.807, 2.05) is 6.07 Å². The predicted octanol–water partition coefficient (Wildman–Crippen LogP) is 16.2. The maximum absolute atomic E-state index is 6.27. The van der Waals surface area contributed by atoms with Crippen LogP contribution >= 0.6 is 0 Å². The third kappa shape index (κ3) is 4.69. The molecule has 9 aromatic carbocycles. The van der Waals surface area contributed by atoms with E-state index in [4.69, 9.17) is 4.42 Å². The highest BCUT2D eigenvalue weighted by Crippen LogP contribution is 2.64. The molecule has 4 saturated carbocycles. The average molecular weight is 769 g/mol. The molecule has 286 valence electrons. The summed E-state index contributed by atoms with van der Waals surface area (Å²) in [5, 5.41) is 10.3. The van der Waals surface area contributed by atoms with E-state index in [-0.39, 0.29) is 0 Å². The molecule has 1 heteroatoms. The van der Waals surface area contributed by atoms with Gasteiger partial charge in [-0.2, -0.15) is 0 Å². The minimum Gasteiger partial charge on any atom is -0.456 e. The molecule has 4 bridgehead atoms. The highest BCUT2D eigenvalue weighted by Gasteiger charge is 2.52. The van der Waals surface area contributed by atoms with Crippen LogP contribution in [-0.2, 0) is 0 Å². The van der Waals surface area contributed by atoms with Crippen molar-refractivity contribution in [2.75, 3.05) is 0 Å². The highest BCUT2D eigenvalue weighted by molar-refractivity contribution is 6.22. The summed E-state index contributed by atoms with van der Waals surface area (Å²) in [5.74, 6) is 4.92. The number of rotatable bonds is 4. The highest BCUT2D eigenvalue weighted by atomic mass is 16.3. The van der Waals surface area contributed by atoms with Gasteiger partial charge < -0.3 is 4.42 Å². The van der Waals surface area contributed by atoms with Crippen LogP contribution in [0.2, 0.25) is 0 Å². The first-order valence-electron chi connectivity index (χ1n) is 22.3. The molecule has 1 aromatic heterocycles. The largest absolute Gasteiger partial charge is 0.456 e. The van der Waals surface area contributed by atoms with Crippen LogP contribution in [0, 0.1) is 29.6 Å². The molecule has 1 unspecified atom stereocenters. The van der Waals surface area contributed by atoms with E-state index < -0.39 is 0 Å². The van der Waals surface area contributed by atoms with Gasteiger partial charge >= 0.3 is 0 Å². The van der Waals surface area contributed by atoms with Gasteiger partial charge in [-0.15, -0.1) is 0 Å². The fourth-order valence-electron chi connectivity index (χ4n) is 13.7. The maximum Gasteiger partial charge on any atom is 0.136 e. The number of para-hydroxylation sites is 1. The number of hydrogen-bond donors (Lipinski definition) is 0. The summed E-state index contributed by atoms with van der Waals surface area (Å²) in [6.45, 7) is 0. The molecule has 5 aliphatic rings. The van der Waals surface area contributed by atoms with E-state index >= 15 is 0 Å². The van der Waals surface area contributed by atoms with Crippen LogP contribution in [0.5, 0.6) is 0 Å². The van der Waals surface area contributed by atoms with Crippen LogP contribution in [0.4, 0.5) is 0 Å². The second kappa shape index (κ2) is 12.5. The van der Waals surface area contributed by atoms with Crippen molar-refractivity contribution in [1.82, 2.24) is 0 Å². The monoisotopic (exact) mass is 768 g/mol. The van der Waals surface area contributed by atoms with Crippen molar-refractivity contribution < 1.29 is 4.42 Å². The van der Waals surface area contributed by atoms with Gasteiger partial charge in [0.05, 0.1) is 0 Å². The van der Waals surface area contributed by atoms with E-state index in [0.717, 1.165) is 46.1 Å². The molecule has 1 nitrogen and oxygen atoms in total. The zero-order chi connectivity index (χ0) is 39.1. The van der Waals surface area contributed by atoms with Crippen LogP contribution in [0.25, 0.3) is 98.8 Å². The molecule has 0 spiro atoms. The van der Waals surface area contributed by atoms with Gasteiger partial charge in [-0.3, -0.25) is 0 Å². The molecule has 4 fully saturated rings. The van der Waals surface area contributed by atoms with Crippen LogP contribution in [0.3, 0.4) is 0 Å². The Morgan fingerprint density at radius 2 is 0.917 bits per heavy atom. The third-order valence-corrected chi connectivity index (χ3v) is 15.7. The number of furan rings is 1. The van der Waals surface area contributed by atoms with Crippen molar-refractivity contribution in [2.24, 2.45) is 29.6 Å². The van der Waals surface area contributed by atoms with Gasteiger partial charge in [-0.1, -0.05) is 152 Å². The number of fused-ring (bicyclic) bond motifs is 10. The number of hydrogen-bond acceptors (Lipinski definition) is 1. The molecule has 0 radical (unpaired) electrons. The van der Waals surface area contributed by atoms with Crippen molar-refractivity contribution in [3.8, 4) is 44.5 Å². The molecule has 0 aliphatic heterocycles. The summed E-state index contributed by atoms with van der Waals surface area (Å²) in [6, 6.07) is 64.0. The zero-order valence-corrected chi connectivity index (χ0v) is 33.6. The second-order valence-corrected chi connectivity index (χ2v) is 18.7. The fraction of sp³-hybridized carbons (Fsp3) is 0.186. The van der Waals surface area contributed by atoms with Gasteiger partial charge in [-0.05, 0) is 168 Å². The van der Waals surface area contributed by atoms with Gasteiger partial charge in [0, 0.05) is 16.7 Å². The topological polar surface area (TPSA) is 13.1 Å². The second-order valence-electron chi connectivity index (χ2n) is 18.7. The van der Waals surface area contributed by atoms with Crippen molar-refractivity contribution in [1.29, 1.82) is 0 Å². The molecule has 0 N–H and O–H groups in total. The van der Waals surface area contributed by atoms with E-state index in [2.05, 4.69) is 164 Å². The molecule has 1 heterocycles. The van der Waals surface area contributed by atoms with Crippen LogP contribution in [-0.4, -0.2) is 0 Å². The average Bonchev–Trinajstić information content (AvgIpc) is 3.84. The molecule has 15 rings (SSSR count). The van der Waals surface area contributed by atoms with Gasteiger partial charge in [0.2, 0.25) is 0 Å². The van der Waals surface area contributed by atoms with Gasteiger partial charge in [0.1, 0.15) is 11.2 Å². The normalized spacial score (nSPS) is 22.7. The molecule has 0 saturated heterocycles. The summed E-state index contributed by atoms with van der Waals surface area (Å²) in [4.78, 5) is 0. The van der Waals surface area contributed by atoms with Crippen molar-refractivity contribution in [3.63, 3.8) is 0 Å². The standard InChI is InChI=1S/C59H44O/c1-2-11-42-36(10-1)24-27-50-57(42)51-33-39(25-26-48(51)59(50)54-40-29-34-28-35(31-40)32-41(54)30-34)56-46-14-5-3-12-44(46)55(45-13-4-6-15-47(45)56)38-22-20-37(21-23-38)43-17-9-19-53-58(43)49-16-7-8-18-52(49)60-53/h1-27,33-35,40-41,54,59H,28-32H2. The molecule has 10 aromatic rings. The first-order chi connectivity index (χ1) is 29.7. The van der Waals surface area contributed by atoms with E-state index in [9.17, 15) is 0 Å². The third-order valence-electron chi connectivity index (χ3n) is 15.7. The molecule has 60 heavy (non-hydrogen) atoms. The van der Waals surface area contributed by atoms with Crippen LogP contribution in [0.1, 0.15) is 49.1 Å². The van der Waals surface area contributed by atoms with E-state index in [1.54, 1.807) is 11.1 Å². The molecule has 0 amide bonds. The summed E-state index contributed by atoms with van der Waals surface area (Å²) in [6.07, 6.45) is 7.31. The smallest absolute Gasteiger partial charge is 0.136 e. The molecular weight excluding hydrogens is 725 g/mol. The summed E-state index contributed by atoms with van der Waals surface area (Å²) < 4.78 is 6.27.